The molecule has 5 aromatic carbocycles. The first-order valence-electron chi connectivity index (χ1n) is 15.3. The van der Waals surface area contributed by atoms with Crippen molar-refractivity contribution in [1.82, 2.24) is 19.1 Å². The lowest BCUT2D eigenvalue weighted by Gasteiger charge is -2.12. The molecular formula is C40H22N4O2. The molecule has 0 spiro atoms. The fourth-order valence-electron chi connectivity index (χ4n) is 7.44. The summed E-state index contributed by atoms with van der Waals surface area (Å²) >= 11 is 0. The van der Waals surface area contributed by atoms with Crippen LogP contribution in [-0.4, -0.2) is 19.1 Å². The zero-order chi connectivity index (χ0) is 29.9. The number of fused-ring (bicyclic) bond motifs is 13. The lowest BCUT2D eigenvalue weighted by atomic mass is 10.1. The molecule has 0 N–H and O–H groups in total. The third-order valence-electron chi connectivity index (χ3n) is 9.40. The molecule has 6 nitrogen and oxygen atoms in total. The minimum Gasteiger partial charge on any atom is -0.456 e. The average molecular weight is 591 g/mol. The van der Waals surface area contributed by atoms with Gasteiger partial charge in [-0.2, -0.15) is 0 Å². The van der Waals surface area contributed by atoms with E-state index < -0.39 is 0 Å². The van der Waals surface area contributed by atoms with Gasteiger partial charge in [0.05, 0.1) is 22.1 Å². The van der Waals surface area contributed by atoms with E-state index in [9.17, 15) is 0 Å². The molecule has 0 unspecified atom stereocenters. The zero-order valence-corrected chi connectivity index (χ0v) is 24.3. The van der Waals surface area contributed by atoms with E-state index in [1.165, 1.54) is 0 Å². The second-order valence-corrected chi connectivity index (χ2v) is 11.8. The Balaban J connectivity index is 1.32. The third kappa shape index (κ3) is 3.05. The molecule has 0 fully saturated rings. The number of hydrogen-bond acceptors (Lipinski definition) is 4. The standard InChI is InChI=1S/C40H22N4O2/c1-4-11-31-25(8-1)30-22-42-38-37-32(12-7-19-41-37)44(24-16-18-36-29(21-24)27-10-3-6-14-34(27)46-36)40(38)39(30)43(31)23-15-17-35-28(20-23)26-9-2-5-13-33(26)45-35/h1-22H. The van der Waals surface area contributed by atoms with Crippen molar-refractivity contribution in [2.75, 3.05) is 0 Å². The maximum Gasteiger partial charge on any atom is 0.135 e. The van der Waals surface area contributed by atoms with Crippen LogP contribution in [0.25, 0.3) is 99.1 Å². The predicted molar refractivity (Wildman–Crippen MR) is 185 cm³/mol. The molecule has 46 heavy (non-hydrogen) atoms. The van der Waals surface area contributed by atoms with Crippen LogP contribution in [0.5, 0.6) is 0 Å². The quantitative estimate of drug-likeness (QED) is 0.201. The number of pyridine rings is 2. The summed E-state index contributed by atoms with van der Waals surface area (Å²) in [4.78, 5) is 9.96. The Morgan fingerprint density at radius 1 is 0.413 bits per heavy atom. The summed E-state index contributed by atoms with van der Waals surface area (Å²) in [5.74, 6) is 0. The minimum atomic E-state index is 0.860. The van der Waals surface area contributed by atoms with Crippen LogP contribution in [-0.2, 0) is 0 Å². The number of para-hydroxylation sites is 3. The summed E-state index contributed by atoms with van der Waals surface area (Å²) in [5, 5.41) is 6.58. The first kappa shape index (κ1) is 24.0. The van der Waals surface area contributed by atoms with Gasteiger partial charge >= 0.3 is 0 Å². The van der Waals surface area contributed by atoms with Gasteiger partial charge in [-0.25, -0.2) is 0 Å². The molecule has 0 aliphatic carbocycles. The van der Waals surface area contributed by atoms with Crippen LogP contribution in [0.15, 0.2) is 143 Å². The first-order valence-corrected chi connectivity index (χ1v) is 15.3. The van der Waals surface area contributed by atoms with E-state index in [-0.39, 0.29) is 0 Å². The molecule has 0 saturated carbocycles. The highest BCUT2D eigenvalue weighted by molar-refractivity contribution is 6.22. The maximum absolute atomic E-state index is 6.21. The van der Waals surface area contributed by atoms with Gasteiger partial charge in [0.15, 0.2) is 0 Å². The largest absolute Gasteiger partial charge is 0.456 e. The van der Waals surface area contributed by atoms with Crippen LogP contribution < -0.4 is 0 Å². The van der Waals surface area contributed by atoms with Crippen molar-refractivity contribution in [2.45, 2.75) is 0 Å². The summed E-state index contributed by atoms with van der Waals surface area (Å²) in [6.45, 7) is 0. The van der Waals surface area contributed by atoms with E-state index in [1.807, 2.05) is 42.7 Å². The van der Waals surface area contributed by atoms with Gasteiger partial charge in [0.25, 0.3) is 0 Å². The second-order valence-electron chi connectivity index (χ2n) is 11.8. The SMILES string of the molecule is c1ccc2c(c1)oc1ccc(-n3c4ccccc4c4cnc5c6ncccc6n(-c6ccc7oc8ccccc8c7c6)c5c43)cc12. The smallest absolute Gasteiger partial charge is 0.135 e. The van der Waals surface area contributed by atoms with Crippen LogP contribution in [0.3, 0.4) is 0 Å². The Labute approximate surface area is 260 Å². The molecule has 0 saturated heterocycles. The predicted octanol–water partition coefficient (Wildman–Crippen LogP) is 10.5. The van der Waals surface area contributed by atoms with Gasteiger partial charge in [-0.05, 0) is 66.7 Å². The fraction of sp³-hybridized carbons (Fsp3) is 0. The lowest BCUT2D eigenvalue weighted by molar-refractivity contribution is 0.668. The van der Waals surface area contributed by atoms with E-state index in [0.29, 0.717) is 0 Å². The first-order chi connectivity index (χ1) is 22.8. The molecule has 0 amide bonds. The Morgan fingerprint density at radius 3 is 1.67 bits per heavy atom. The molecule has 11 aromatic rings. The van der Waals surface area contributed by atoms with Gasteiger partial charge in [0.1, 0.15) is 33.4 Å². The number of aromatic nitrogens is 4. The molecule has 214 valence electrons. The zero-order valence-electron chi connectivity index (χ0n) is 24.3. The summed E-state index contributed by atoms with van der Waals surface area (Å²) < 4.78 is 17.1. The summed E-state index contributed by atoms with van der Waals surface area (Å²) in [6.07, 6.45) is 3.85. The molecule has 11 rings (SSSR count). The van der Waals surface area contributed by atoms with Crippen molar-refractivity contribution in [3.63, 3.8) is 0 Å². The summed E-state index contributed by atoms with van der Waals surface area (Å²) in [7, 11) is 0. The van der Waals surface area contributed by atoms with Gasteiger partial charge in [-0.1, -0.05) is 54.6 Å². The van der Waals surface area contributed by atoms with Crippen molar-refractivity contribution in [3.05, 3.63) is 134 Å². The normalized spacial score (nSPS) is 12.3. The highest BCUT2D eigenvalue weighted by Crippen LogP contribution is 2.42. The van der Waals surface area contributed by atoms with E-state index in [2.05, 4.69) is 100 Å². The number of benzene rings is 5. The molecule has 6 heterocycles. The Kier molecular flexibility index (Phi) is 4.49. The Hall–Kier alpha value is -6.40. The van der Waals surface area contributed by atoms with Crippen LogP contribution >= 0.6 is 0 Å². The Morgan fingerprint density at radius 2 is 0.978 bits per heavy atom. The van der Waals surface area contributed by atoms with Crippen LogP contribution in [0.4, 0.5) is 0 Å². The van der Waals surface area contributed by atoms with Gasteiger partial charge < -0.3 is 18.0 Å². The van der Waals surface area contributed by atoms with Crippen LogP contribution in [0.2, 0.25) is 0 Å². The molecular weight excluding hydrogens is 568 g/mol. The van der Waals surface area contributed by atoms with Gasteiger partial charge in [-0.3, -0.25) is 9.97 Å². The number of rotatable bonds is 2. The van der Waals surface area contributed by atoms with Gasteiger partial charge in [-0.15, -0.1) is 0 Å². The van der Waals surface area contributed by atoms with Crippen molar-refractivity contribution >= 4 is 87.7 Å². The van der Waals surface area contributed by atoms with E-state index in [1.54, 1.807) is 0 Å². The number of nitrogens with zero attached hydrogens (tertiary/aromatic N) is 4. The maximum atomic E-state index is 6.21. The van der Waals surface area contributed by atoms with Gasteiger partial charge in [0, 0.05) is 56.1 Å². The topological polar surface area (TPSA) is 61.9 Å². The minimum absolute atomic E-state index is 0.860. The highest BCUT2D eigenvalue weighted by Gasteiger charge is 2.23. The number of furan rings is 2. The van der Waals surface area contributed by atoms with Crippen LogP contribution in [0, 0.1) is 0 Å². The van der Waals surface area contributed by atoms with E-state index >= 15 is 0 Å². The summed E-state index contributed by atoms with van der Waals surface area (Å²) in [6, 6.07) is 42.0. The lowest BCUT2D eigenvalue weighted by Crippen LogP contribution is -1.99. The average Bonchev–Trinajstić information content (AvgIpc) is 3.85. The molecule has 0 aliphatic rings. The monoisotopic (exact) mass is 590 g/mol. The van der Waals surface area contributed by atoms with E-state index in [0.717, 1.165) is 99.1 Å². The molecule has 6 heteroatoms. The number of hydrogen-bond donors (Lipinski definition) is 0. The molecule has 0 aliphatic heterocycles. The highest BCUT2D eigenvalue weighted by atomic mass is 16.3. The third-order valence-corrected chi connectivity index (χ3v) is 9.40. The van der Waals surface area contributed by atoms with Crippen molar-refractivity contribution in [1.29, 1.82) is 0 Å². The molecule has 6 aromatic heterocycles. The molecule has 0 bridgehead atoms. The Bertz CT molecular complexity index is 2840. The van der Waals surface area contributed by atoms with Crippen molar-refractivity contribution < 1.29 is 8.83 Å². The van der Waals surface area contributed by atoms with Crippen molar-refractivity contribution in [2.24, 2.45) is 0 Å². The van der Waals surface area contributed by atoms with Gasteiger partial charge in [0.2, 0.25) is 0 Å². The van der Waals surface area contributed by atoms with Crippen LogP contribution in [0.1, 0.15) is 0 Å². The van der Waals surface area contributed by atoms with Crippen molar-refractivity contribution in [3.8, 4) is 11.4 Å². The second kappa shape index (κ2) is 8.61. The molecule has 0 radical (unpaired) electrons. The summed E-state index contributed by atoms with van der Waals surface area (Å²) in [5.41, 5.74) is 11.5. The van der Waals surface area contributed by atoms with E-state index in [4.69, 9.17) is 18.8 Å². The fourth-order valence-corrected chi connectivity index (χ4v) is 7.44. The molecule has 0 atom stereocenters.